The van der Waals surface area contributed by atoms with Crippen LogP contribution in [0.1, 0.15) is 11.1 Å². The number of hydrogen-bond acceptors (Lipinski definition) is 5. The van der Waals surface area contributed by atoms with Crippen LogP contribution in [0.2, 0.25) is 0 Å². The lowest BCUT2D eigenvalue weighted by molar-refractivity contribution is -0.115. The van der Waals surface area contributed by atoms with E-state index >= 15 is 0 Å². The summed E-state index contributed by atoms with van der Waals surface area (Å²) in [4.78, 5) is 12.5. The van der Waals surface area contributed by atoms with E-state index in [4.69, 9.17) is 9.47 Å². The molecule has 2 aromatic carbocycles. The number of methoxy groups -OCH3 is 1. The largest absolute Gasteiger partial charge is 0.495 e. The molecule has 1 aliphatic rings. The van der Waals surface area contributed by atoms with Gasteiger partial charge < -0.3 is 14.8 Å². The van der Waals surface area contributed by atoms with Crippen molar-refractivity contribution in [3.8, 4) is 5.75 Å². The van der Waals surface area contributed by atoms with Crippen LogP contribution in [0.4, 0.5) is 5.69 Å². The van der Waals surface area contributed by atoms with Crippen LogP contribution in [-0.4, -0.2) is 52.0 Å². The highest BCUT2D eigenvalue weighted by atomic mass is 32.2. The Morgan fingerprint density at radius 1 is 1.18 bits per heavy atom. The third-order valence-electron chi connectivity index (χ3n) is 4.65. The Morgan fingerprint density at radius 3 is 2.57 bits per heavy atom. The number of sulfonamides is 1. The second kappa shape index (κ2) is 8.72. The summed E-state index contributed by atoms with van der Waals surface area (Å²) in [7, 11) is -2.33. The predicted octanol–water partition coefficient (Wildman–Crippen LogP) is 2.21. The van der Waals surface area contributed by atoms with Gasteiger partial charge in [0.15, 0.2) is 0 Å². The molecule has 1 fully saturated rings. The minimum atomic E-state index is -3.75. The zero-order valence-corrected chi connectivity index (χ0v) is 16.8. The van der Waals surface area contributed by atoms with Crippen molar-refractivity contribution in [2.75, 3.05) is 38.7 Å². The van der Waals surface area contributed by atoms with Crippen molar-refractivity contribution in [2.24, 2.45) is 0 Å². The molecule has 0 bridgehead atoms. The average Bonchev–Trinajstić information content (AvgIpc) is 2.70. The maximum atomic E-state index is 13.0. The minimum Gasteiger partial charge on any atom is -0.495 e. The van der Waals surface area contributed by atoms with E-state index < -0.39 is 10.0 Å². The highest BCUT2D eigenvalue weighted by Crippen LogP contribution is 2.30. The quantitative estimate of drug-likeness (QED) is 0.798. The summed E-state index contributed by atoms with van der Waals surface area (Å²) in [6.07, 6.45) is 0.213. The molecule has 0 aromatic heterocycles. The van der Waals surface area contributed by atoms with Gasteiger partial charge in [-0.25, -0.2) is 8.42 Å². The summed E-state index contributed by atoms with van der Waals surface area (Å²) < 4.78 is 37.9. The first-order valence-corrected chi connectivity index (χ1v) is 10.5. The van der Waals surface area contributed by atoms with E-state index in [1.807, 2.05) is 31.2 Å². The average molecular weight is 404 g/mol. The fraction of sp³-hybridized carbons (Fsp3) is 0.350. The summed E-state index contributed by atoms with van der Waals surface area (Å²) in [5.74, 6) is 0.0255. The van der Waals surface area contributed by atoms with E-state index in [9.17, 15) is 13.2 Å². The standard InChI is InChI=1S/C20H24N2O5S/c1-15-5-3-4-6-16(15)13-20(23)21-17-7-8-18(26-2)19(14-17)28(24,25)22-9-11-27-12-10-22/h3-8,14H,9-13H2,1-2H3,(H,21,23). The number of benzene rings is 2. The number of amides is 1. The van der Waals surface area contributed by atoms with Gasteiger partial charge in [-0.1, -0.05) is 24.3 Å². The van der Waals surface area contributed by atoms with E-state index in [0.717, 1.165) is 11.1 Å². The van der Waals surface area contributed by atoms with E-state index in [-0.39, 0.29) is 36.1 Å². The van der Waals surface area contributed by atoms with E-state index in [1.165, 1.54) is 17.5 Å². The smallest absolute Gasteiger partial charge is 0.246 e. The molecular weight excluding hydrogens is 380 g/mol. The van der Waals surface area contributed by atoms with Gasteiger partial charge in [-0.2, -0.15) is 4.31 Å². The number of nitrogens with one attached hydrogen (secondary N) is 1. The van der Waals surface area contributed by atoms with Gasteiger partial charge in [0, 0.05) is 18.8 Å². The van der Waals surface area contributed by atoms with Crippen LogP contribution in [-0.2, 0) is 26.0 Å². The number of aryl methyl sites for hydroxylation is 1. The molecule has 0 saturated carbocycles. The van der Waals surface area contributed by atoms with Crippen LogP contribution in [0.25, 0.3) is 0 Å². The maximum absolute atomic E-state index is 13.0. The molecule has 0 aliphatic carbocycles. The number of hydrogen-bond donors (Lipinski definition) is 1. The Bertz CT molecular complexity index is 953. The first-order valence-electron chi connectivity index (χ1n) is 9.02. The molecule has 28 heavy (non-hydrogen) atoms. The van der Waals surface area contributed by atoms with Gasteiger partial charge in [0.2, 0.25) is 15.9 Å². The SMILES string of the molecule is COc1ccc(NC(=O)Cc2ccccc2C)cc1S(=O)(=O)N1CCOCC1. The molecule has 1 saturated heterocycles. The fourth-order valence-corrected chi connectivity index (χ4v) is 4.66. The number of rotatable bonds is 6. The maximum Gasteiger partial charge on any atom is 0.246 e. The van der Waals surface area contributed by atoms with E-state index in [0.29, 0.717) is 18.9 Å². The van der Waals surface area contributed by atoms with E-state index in [1.54, 1.807) is 12.1 Å². The van der Waals surface area contributed by atoms with Gasteiger partial charge in [-0.15, -0.1) is 0 Å². The lowest BCUT2D eigenvalue weighted by atomic mass is 10.1. The first-order chi connectivity index (χ1) is 13.4. The van der Waals surface area contributed by atoms with Crippen LogP contribution in [0.15, 0.2) is 47.4 Å². The molecule has 8 heteroatoms. The molecule has 1 amide bonds. The zero-order valence-electron chi connectivity index (χ0n) is 16.0. The molecule has 0 unspecified atom stereocenters. The van der Waals surface area contributed by atoms with Crippen molar-refractivity contribution >= 4 is 21.6 Å². The van der Waals surface area contributed by atoms with Gasteiger partial charge in [-0.3, -0.25) is 4.79 Å². The minimum absolute atomic E-state index is 0.0330. The monoisotopic (exact) mass is 404 g/mol. The van der Waals surface area contributed by atoms with Crippen LogP contribution in [0.3, 0.4) is 0 Å². The van der Waals surface area contributed by atoms with Crippen LogP contribution >= 0.6 is 0 Å². The number of carbonyl (C=O) groups excluding carboxylic acids is 1. The number of carbonyl (C=O) groups is 1. The third-order valence-corrected chi connectivity index (χ3v) is 6.57. The second-order valence-corrected chi connectivity index (χ2v) is 8.44. The van der Waals surface area contributed by atoms with Crippen molar-refractivity contribution in [3.05, 3.63) is 53.6 Å². The lowest BCUT2D eigenvalue weighted by Crippen LogP contribution is -2.40. The molecule has 0 radical (unpaired) electrons. The molecule has 150 valence electrons. The van der Waals surface area contributed by atoms with Crippen LogP contribution in [0.5, 0.6) is 5.75 Å². The number of anilines is 1. The Morgan fingerprint density at radius 2 is 1.89 bits per heavy atom. The molecule has 0 atom stereocenters. The number of morpholine rings is 1. The van der Waals surface area contributed by atoms with Crippen molar-refractivity contribution in [3.63, 3.8) is 0 Å². The molecule has 1 heterocycles. The van der Waals surface area contributed by atoms with Gasteiger partial charge in [0.05, 0.1) is 26.7 Å². The first kappa shape index (κ1) is 20.3. The molecule has 2 aromatic rings. The highest BCUT2D eigenvalue weighted by Gasteiger charge is 2.29. The Labute approximate surface area is 165 Å². The highest BCUT2D eigenvalue weighted by molar-refractivity contribution is 7.89. The normalized spacial score (nSPS) is 15.2. The van der Waals surface area contributed by atoms with Crippen molar-refractivity contribution in [1.82, 2.24) is 4.31 Å². The zero-order chi connectivity index (χ0) is 20.1. The lowest BCUT2D eigenvalue weighted by Gasteiger charge is -2.26. The summed E-state index contributed by atoms with van der Waals surface area (Å²) in [5.41, 5.74) is 2.36. The van der Waals surface area contributed by atoms with E-state index in [2.05, 4.69) is 5.32 Å². The number of nitrogens with zero attached hydrogens (tertiary/aromatic N) is 1. The van der Waals surface area contributed by atoms with Crippen LogP contribution < -0.4 is 10.1 Å². The molecule has 0 spiro atoms. The molecule has 7 nitrogen and oxygen atoms in total. The Hall–Kier alpha value is -2.42. The summed E-state index contributed by atoms with van der Waals surface area (Å²) >= 11 is 0. The van der Waals surface area contributed by atoms with Crippen molar-refractivity contribution in [2.45, 2.75) is 18.2 Å². The molecule has 3 rings (SSSR count). The molecule has 1 N–H and O–H groups in total. The topological polar surface area (TPSA) is 84.9 Å². The molecular formula is C20H24N2O5S. The second-order valence-electron chi connectivity index (χ2n) is 6.53. The van der Waals surface area contributed by atoms with Crippen molar-refractivity contribution in [1.29, 1.82) is 0 Å². The summed E-state index contributed by atoms with van der Waals surface area (Å²) in [6, 6.07) is 12.3. The van der Waals surface area contributed by atoms with Gasteiger partial charge in [-0.05, 0) is 36.2 Å². The van der Waals surface area contributed by atoms with Crippen molar-refractivity contribution < 1.29 is 22.7 Å². The fourth-order valence-electron chi connectivity index (χ4n) is 3.07. The summed E-state index contributed by atoms with van der Waals surface area (Å²) in [5, 5.41) is 2.78. The number of ether oxygens (including phenoxy) is 2. The Balaban J connectivity index is 1.82. The van der Waals surface area contributed by atoms with Gasteiger partial charge in [0.25, 0.3) is 0 Å². The van der Waals surface area contributed by atoms with Gasteiger partial charge >= 0.3 is 0 Å². The third kappa shape index (κ3) is 4.52. The van der Waals surface area contributed by atoms with Crippen LogP contribution in [0, 0.1) is 6.92 Å². The van der Waals surface area contributed by atoms with Gasteiger partial charge in [0.1, 0.15) is 10.6 Å². The Kier molecular flexibility index (Phi) is 6.33. The molecule has 1 aliphatic heterocycles. The predicted molar refractivity (Wildman–Crippen MR) is 106 cm³/mol. The summed E-state index contributed by atoms with van der Waals surface area (Å²) in [6.45, 7) is 3.23.